The highest BCUT2D eigenvalue weighted by atomic mass is 35.5. The van der Waals surface area contributed by atoms with Gasteiger partial charge in [0.15, 0.2) is 0 Å². The van der Waals surface area contributed by atoms with Crippen LogP contribution in [0.25, 0.3) is 0 Å². The maximum atomic E-state index is 12.2. The van der Waals surface area contributed by atoms with Gasteiger partial charge in [-0.25, -0.2) is 0 Å². The monoisotopic (exact) mass is 299 g/mol. The van der Waals surface area contributed by atoms with Gasteiger partial charge in [-0.3, -0.25) is 4.79 Å². The minimum Gasteiger partial charge on any atom is -0.494 e. The Bertz CT molecular complexity index is 460. The normalized spacial score (nSPS) is 11.1. The van der Waals surface area contributed by atoms with Crippen LogP contribution in [0.3, 0.4) is 0 Å². The fourth-order valence-corrected chi connectivity index (χ4v) is 1.62. The average molecular weight is 300 g/mol. The number of hydrogen-bond acceptors (Lipinski definition) is 3. The van der Waals surface area contributed by atoms with E-state index in [0.29, 0.717) is 30.4 Å². The van der Waals surface area contributed by atoms with Crippen molar-refractivity contribution in [1.29, 1.82) is 0 Å². The van der Waals surface area contributed by atoms with Crippen LogP contribution in [0.5, 0.6) is 11.5 Å². The van der Waals surface area contributed by atoms with Gasteiger partial charge in [-0.15, -0.1) is 11.6 Å². The van der Waals surface area contributed by atoms with Gasteiger partial charge in [0, 0.05) is 11.9 Å². The van der Waals surface area contributed by atoms with Crippen molar-refractivity contribution in [2.24, 2.45) is 5.41 Å². The first-order valence-electron chi connectivity index (χ1n) is 6.71. The summed E-state index contributed by atoms with van der Waals surface area (Å²) in [5, 5.41) is 2.86. The quantitative estimate of drug-likeness (QED) is 0.781. The number of carbonyl (C=O) groups excluding carboxylic acids is 1. The molecule has 0 heterocycles. The lowest BCUT2D eigenvalue weighted by Crippen LogP contribution is -2.32. The van der Waals surface area contributed by atoms with Crippen molar-refractivity contribution in [2.45, 2.75) is 27.7 Å². The van der Waals surface area contributed by atoms with E-state index < -0.39 is 5.41 Å². The van der Waals surface area contributed by atoms with Crippen LogP contribution >= 0.6 is 11.6 Å². The molecule has 0 aliphatic rings. The zero-order valence-corrected chi connectivity index (χ0v) is 13.2. The summed E-state index contributed by atoms with van der Waals surface area (Å²) >= 11 is 5.82. The smallest absolute Gasteiger partial charge is 0.231 e. The number of hydrogen-bond donors (Lipinski definition) is 1. The first kappa shape index (κ1) is 16.6. The third kappa shape index (κ3) is 4.30. The number of amides is 1. The highest BCUT2D eigenvalue weighted by molar-refractivity contribution is 6.20. The lowest BCUT2D eigenvalue weighted by atomic mass is 9.95. The van der Waals surface area contributed by atoms with E-state index in [2.05, 4.69) is 5.32 Å². The Morgan fingerprint density at radius 2 is 1.90 bits per heavy atom. The summed E-state index contributed by atoms with van der Waals surface area (Å²) in [4.78, 5) is 12.2. The summed E-state index contributed by atoms with van der Waals surface area (Å²) < 4.78 is 11.0. The number of anilines is 1. The number of alkyl halides is 1. The van der Waals surface area contributed by atoms with Crippen LogP contribution in [0, 0.1) is 5.41 Å². The summed E-state index contributed by atoms with van der Waals surface area (Å²) in [5.74, 6) is 1.40. The van der Waals surface area contributed by atoms with Crippen molar-refractivity contribution >= 4 is 23.2 Å². The zero-order valence-electron chi connectivity index (χ0n) is 12.5. The van der Waals surface area contributed by atoms with Crippen molar-refractivity contribution in [3.05, 3.63) is 18.2 Å². The molecule has 0 fully saturated rings. The Labute approximate surface area is 125 Å². The molecular weight excluding hydrogens is 278 g/mol. The second-order valence-electron chi connectivity index (χ2n) is 5.00. The molecule has 20 heavy (non-hydrogen) atoms. The number of rotatable bonds is 7. The molecule has 0 saturated heterocycles. The van der Waals surface area contributed by atoms with Gasteiger partial charge >= 0.3 is 0 Å². The summed E-state index contributed by atoms with van der Waals surface area (Å²) in [6, 6.07) is 5.37. The molecule has 1 aromatic rings. The van der Waals surface area contributed by atoms with Gasteiger partial charge in [0.1, 0.15) is 11.5 Å². The van der Waals surface area contributed by atoms with E-state index in [1.165, 1.54) is 0 Å². The minimum atomic E-state index is -0.646. The van der Waals surface area contributed by atoms with Crippen LogP contribution < -0.4 is 14.8 Å². The van der Waals surface area contributed by atoms with Crippen LogP contribution in [0.1, 0.15) is 27.7 Å². The minimum absolute atomic E-state index is 0.151. The summed E-state index contributed by atoms with van der Waals surface area (Å²) in [6.45, 7) is 8.48. The van der Waals surface area contributed by atoms with Gasteiger partial charge in [0.05, 0.1) is 24.3 Å². The van der Waals surface area contributed by atoms with Crippen LogP contribution in [-0.2, 0) is 4.79 Å². The molecule has 0 atom stereocenters. The Kier molecular flexibility index (Phi) is 6.14. The Morgan fingerprint density at radius 1 is 1.25 bits per heavy atom. The highest BCUT2D eigenvalue weighted by Crippen LogP contribution is 2.31. The van der Waals surface area contributed by atoms with E-state index in [9.17, 15) is 4.79 Å². The second kappa shape index (κ2) is 7.39. The molecule has 0 unspecified atom stereocenters. The van der Waals surface area contributed by atoms with Crippen LogP contribution in [0.2, 0.25) is 0 Å². The maximum Gasteiger partial charge on any atom is 0.231 e. The predicted octanol–water partition coefficient (Wildman–Crippen LogP) is 3.69. The Morgan fingerprint density at radius 3 is 2.45 bits per heavy atom. The second-order valence-corrected chi connectivity index (χ2v) is 5.26. The predicted molar refractivity (Wildman–Crippen MR) is 81.9 cm³/mol. The summed E-state index contributed by atoms with van der Waals surface area (Å²) in [6.07, 6.45) is 0. The molecule has 4 nitrogen and oxygen atoms in total. The lowest BCUT2D eigenvalue weighted by Gasteiger charge is -2.21. The largest absolute Gasteiger partial charge is 0.494 e. The molecule has 5 heteroatoms. The Balaban J connectivity index is 3.00. The zero-order chi connectivity index (χ0) is 15.2. The highest BCUT2D eigenvalue weighted by Gasteiger charge is 2.27. The molecule has 1 N–H and O–H groups in total. The van der Waals surface area contributed by atoms with E-state index in [4.69, 9.17) is 21.1 Å². The number of carbonyl (C=O) groups is 1. The summed E-state index contributed by atoms with van der Waals surface area (Å²) in [5.41, 5.74) is -0.0480. The number of benzene rings is 1. The van der Waals surface area contributed by atoms with E-state index in [-0.39, 0.29) is 11.8 Å². The molecule has 1 amide bonds. The van der Waals surface area contributed by atoms with Gasteiger partial charge in [-0.1, -0.05) is 0 Å². The summed E-state index contributed by atoms with van der Waals surface area (Å²) in [7, 11) is 0. The van der Waals surface area contributed by atoms with Crippen LogP contribution in [0.4, 0.5) is 5.69 Å². The van der Waals surface area contributed by atoms with Gasteiger partial charge in [0.2, 0.25) is 5.91 Å². The van der Waals surface area contributed by atoms with E-state index in [0.717, 1.165) is 0 Å². The molecule has 0 aliphatic carbocycles. The number of nitrogens with one attached hydrogen (secondary N) is 1. The van der Waals surface area contributed by atoms with Crippen LogP contribution in [0.15, 0.2) is 18.2 Å². The van der Waals surface area contributed by atoms with Gasteiger partial charge in [0.25, 0.3) is 0 Å². The fourth-order valence-electron chi connectivity index (χ4n) is 1.50. The molecule has 0 saturated carbocycles. The SMILES string of the molecule is CCOc1ccc(OCC)c(NC(=O)C(C)(C)CCl)c1. The molecule has 1 aromatic carbocycles. The van der Waals surface area contributed by atoms with Crippen LogP contribution in [-0.4, -0.2) is 25.0 Å². The lowest BCUT2D eigenvalue weighted by molar-refractivity contribution is -0.122. The van der Waals surface area contributed by atoms with Crippen molar-refractivity contribution in [3.8, 4) is 11.5 Å². The molecular formula is C15H22ClNO3. The molecule has 112 valence electrons. The van der Waals surface area contributed by atoms with Crippen molar-refractivity contribution in [3.63, 3.8) is 0 Å². The average Bonchev–Trinajstić information content (AvgIpc) is 2.42. The fraction of sp³-hybridized carbons (Fsp3) is 0.533. The van der Waals surface area contributed by atoms with Gasteiger partial charge in [-0.05, 0) is 39.8 Å². The molecule has 1 rings (SSSR count). The van der Waals surface area contributed by atoms with Crippen molar-refractivity contribution in [2.75, 3.05) is 24.4 Å². The third-order valence-electron chi connectivity index (χ3n) is 2.76. The maximum absolute atomic E-state index is 12.2. The van der Waals surface area contributed by atoms with Gasteiger partial charge < -0.3 is 14.8 Å². The van der Waals surface area contributed by atoms with E-state index in [1.807, 2.05) is 19.9 Å². The molecule has 0 radical (unpaired) electrons. The Hall–Kier alpha value is -1.42. The first-order chi connectivity index (χ1) is 9.44. The van der Waals surface area contributed by atoms with Gasteiger partial charge in [-0.2, -0.15) is 0 Å². The first-order valence-corrected chi connectivity index (χ1v) is 7.25. The standard InChI is InChI=1S/C15H22ClNO3/c1-5-19-11-7-8-13(20-6-2)12(9-11)17-14(18)15(3,4)10-16/h7-9H,5-6,10H2,1-4H3,(H,17,18). The van der Waals surface area contributed by atoms with Crippen molar-refractivity contribution in [1.82, 2.24) is 0 Å². The van der Waals surface area contributed by atoms with E-state index >= 15 is 0 Å². The molecule has 0 aliphatic heterocycles. The topological polar surface area (TPSA) is 47.6 Å². The van der Waals surface area contributed by atoms with Crippen molar-refractivity contribution < 1.29 is 14.3 Å². The number of halogens is 1. The number of ether oxygens (including phenoxy) is 2. The molecule has 0 aromatic heterocycles. The third-order valence-corrected chi connectivity index (χ3v) is 3.43. The molecule has 0 spiro atoms. The molecule has 0 bridgehead atoms. The van der Waals surface area contributed by atoms with E-state index in [1.54, 1.807) is 26.0 Å².